The Labute approximate surface area is 123 Å². The molecule has 102 valence electrons. The van der Waals surface area contributed by atoms with E-state index >= 15 is 0 Å². The second-order valence-corrected chi connectivity index (χ2v) is 4.63. The number of carbonyl (C=O) groups is 1. The normalized spacial score (nSPS) is 10.9. The predicted octanol–water partition coefficient (Wildman–Crippen LogP) is 3.97. The summed E-state index contributed by atoms with van der Waals surface area (Å²) in [7, 11) is 0. The number of pyridine rings is 1. The van der Waals surface area contributed by atoms with Crippen LogP contribution in [0.3, 0.4) is 0 Å². The highest BCUT2D eigenvalue weighted by atomic mass is 16.1. The summed E-state index contributed by atoms with van der Waals surface area (Å²) in [5, 5.41) is 3.75. The van der Waals surface area contributed by atoms with E-state index in [0.717, 1.165) is 27.7 Å². The number of aromatic nitrogens is 1. The number of anilines is 1. The molecule has 0 atom stereocenters. The highest BCUT2D eigenvalue weighted by molar-refractivity contribution is 5.90. The smallest absolute Gasteiger partial charge is 0.211 e. The van der Waals surface area contributed by atoms with Crippen molar-refractivity contribution in [2.24, 2.45) is 0 Å². The number of fused-ring (bicyclic) bond motifs is 1. The number of hydrogen-bond acceptors (Lipinski definition) is 2. The van der Waals surface area contributed by atoms with E-state index in [2.05, 4.69) is 22.4 Å². The molecule has 3 heteroatoms. The topological polar surface area (TPSA) is 42.0 Å². The van der Waals surface area contributed by atoms with Gasteiger partial charge in [0.05, 0.1) is 5.52 Å². The van der Waals surface area contributed by atoms with Gasteiger partial charge in [-0.3, -0.25) is 9.78 Å². The van der Waals surface area contributed by atoms with Crippen LogP contribution >= 0.6 is 0 Å². The summed E-state index contributed by atoms with van der Waals surface area (Å²) in [6.45, 7) is 0. The van der Waals surface area contributed by atoms with Crippen LogP contribution in [0, 0.1) is 0 Å². The molecule has 1 N–H and O–H groups in total. The molecule has 3 nitrogen and oxygen atoms in total. The monoisotopic (exact) mass is 274 g/mol. The van der Waals surface area contributed by atoms with Gasteiger partial charge >= 0.3 is 0 Å². The van der Waals surface area contributed by atoms with Crippen LogP contribution < -0.4 is 5.32 Å². The van der Waals surface area contributed by atoms with Gasteiger partial charge in [-0.25, -0.2) is 0 Å². The molecule has 1 aromatic heterocycles. The van der Waals surface area contributed by atoms with Crippen molar-refractivity contribution in [1.82, 2.24) is 4.98 Å². The Morgan fingerprint density at radius 2 is 1.71 bits per heavy atom. The molecule has 0 aliphatic rings. The molecule has 0 unspecified atom stereocenters. The maximum Gasteiger partial charge on any atom is 0.211 e. The van der Waals surface area contributed by atoms with E-state index < -0.39 is 0 Å². The fourth-order valence-corrected chi connectivity index (χ4v) is 2.21. The SMILES string of the molecule is O=CNc1ccc(/C=C\c2ccnc3ccccc23)cc1. The Morgan fingerprint density at radius 1 is 0.905 bits per heavy atom. The first-order valence-electron chi connectivity index (χ1n) is 6.69. The van der Waals surface area contributed by atoms with E-state index in [-0.39, 0.29) is 0 Å². The van der Waals surface area contributed by atoms with Gasteiger partial charge < -0.3 is 5.32 Å². The van der Waals surface area contributed by atoms with E-state index in [1.54, 1.807) is 0 Å². The first-order chi connectivity index (χ1) is 10.4. The highest BCUT2D eigenvalue weighted by Gasteiger charge is 1.97. The molecular weight excluding hydrogens is 260 g/mol. The maximum atomic E-state index is 10.4. The quantitative estimate of drug-likeness (QED) is 0.731. The Morgan fingerprint density at radius 3 is 2.52 bits per heavy atom. The molecule has 0 spiro atoms. The molecule has 3 rings (SSSR count). The zero-order valence-electron chi connectivity index (χ0n) is 11.4. The Bertz CT molecular complexity index is 786. The average molecular weight is 274 g/mol. The van der Waals surface area contributed by atoms with Gasteiger partial charge in [0.1, 0.15) is 0 Å². The summed E-state index contributed by atoms with van der Waals surface area (Å²) in [5.74, 6) is 0. The predicted molar refractivity (Wildman–Crippen MR) is 86.8 cm³/mol. The first-order valence-corrected chi connectivity index (χ1v) is 6.69. The summed E-state index contributed by atoms with van der Waals surface area (Å²) in [4.78, 5) is 14.7. The van der Waals surface area contributed by atoms with E-state index in [1.165, 1.54) is 0 Å². The molecule has 0 bridgehead atoms. The summed E-state index contributed by atoms with van der Waals surface area (Å²) in [6.07, 6.45) is 6.62. The molecule has 0 aliphatic carbocycles. The Hall–Kier alpha value is -2.94. The number of rotatable bonds is 4. The van der Waals surface area contributed by atoms with Gasteiger partial charge in [0.15, 0.2) is 0 Å². The van der Waals surface area contributed by atoms with E-state index in [1.807, 2.05) is 60.8 Å². The summed E-state index contributed by atoms with van der Waals surface area (Å²) in [6, 6.07) is 17.8. The number of hydrogen-bond donors (Lipinski definition) is 1. The second kappa shape index (κ2) is 6.01. The van der Waals surface area contributed by atoms with Crippen LogP contribution in [0.1, 0.15) is 11.1 Å². The van der Waals surface area contributed by atoms with Gasteiger partial charge in [-0.2, -0.15) is 0 Å². The van der Waals surface area contributed by atoms with Crippen LogP contribution in [0.2, 0.25) is 0 Å². The molecule has 0 radical (unpaired) electrons. The van der Waals surface area contributed by atoms with E-state index in [4.69, 9.17) is 0 Å². The third kappa shape index (κ3) is 2.98. The lowest BCUT2D eigenvalue weighted by Crippen LogP contribution is -1.92. The third-order valence-corrected chi connectivity index (χ3v) is 3.27. The zero-order chi connectivity index (χ0) is 14.5. The lowest BCUT2D eigenvalue weighted by Gasteiger charge is -2.01. The van der Waals surface area contributed by atoms with Crippen molar-refractivity contribution in [3.63, 3.8) is 0 Å². The number of nitrogens with one attached hydrogen (secondary N) is 1. The van der Waals surface area contributed by atoms with Crippen molar-refractivity contribution >= 4 is 35.2 Å². The lowest BCUT2D eigenvalue weighted by molar-refractivity contribution is -0.105. The molecular formula is C18H14N2O. The van der Waals surface area contributed by atoms with Crippen LogP contribution in [0.5, 0.6) is 0 Å². The molecule has 1 amide bonds. The Kier molecular flexibility index (Phi) is 3.74. The largest absolute Gasteiger partial charge is 0.329 e. The molecule has 3 aromatic rings. The molecule has 1 heterocycles. The van der Waals surface area contributed by atoms with Gasteiger partial charge in [0, 0.05) is 17.3 Å². The van der Waals surface area contributed by atoms with Crippen LogP contribution in [-0.4, -0.2) is 11.4 Å². The van der Waals surface area contributed by atoms with Gasteiger partial charge in [-0.05, 0) is 35.4 Å². The van der Waals surface area contributed by atoms with Gasteiger partial charge in [-0.15, -0.1) is 0 Å². The number of para-hydroxylation sites is 1. The van der Waals surface area contributed by atoms with Crippen LogP contribution in [0.15, 0.2) is 60.8 Å². The number of carbonyl (C=O) groups excluding carboxylic acids is 1. The third-order valence-electron chi connectivity index (χ3n) is 3.27. The lowest BCUT2D eigenvalue weighted by atomic mass is 10.1. The summed E-state index contributed by atoms with van der Waals surface area (Å²) >= 11 is 0. The summed E-state index contributed by atoms with van der Waals surface area (Å²) in [5.41, 5.74) is 3.99. The molecule has 2 aromatic carbocycles. The van der Waals surface area contributed by atoms with Crippen LogP contribution in [0.4, 0.5) is 5.69 Å². The van der Waals surface area contributed by atoms with Gasteiger partial charge in [-0.1, -0.05) is 42.5 Å². The van der Waals surface area contributed by atoms with E-state index in [9.17, 15) is 4.79 Å². The van der Waals surface area contributed by atoms with Crippen molar-refractivity contribution in [3.05, 3.63) is 71.9 Å². The zero-order valence-corrected chi connectivity index (χ0v) is 11.4. The van der Waals surface area contributed by atoms with Crippen LogP contribution in [0.25, 0.3) is 23.1 Å². The molecule has 21 heavy (non-hydrogen) atoms. The van der Waals surface area contributed by atoms with Crippen LogP contribution in [-0.2, 0) is 4.79 Å². The fraction of sp³-hybridized carbons (Fsp3) is 0. The molecule has 0 saturated carbocycles. The standard InChI is InChI=1S/C18H14N2O/c21-13-20-16-9-6-14(7-10-16)5-8-15-11-12-19-18-4-2-1-3-17(15)18/h1-13H,(H,20,21)/b8-5-. The van der Waals surface area contributed by atoms with Gasteiger partial charge in [0.25, 0.3) is 0 Å². The molecule has 0 saturated heterocycles. The molecule has 0 fully saturated rings. The van der Waals surface area contributed by atoms with Crippen molar-refractivity contribution in [1.29, 1.82) is 0 Å². The highest BCUT2D eigenvalue weighted by Crippen LogP contribution is 2.19. The van der Waals surface area contributed by atoms with Gasteiger partial charge in [0.2, 0.25) is 6.41 Å². The minimum Gasteiger partial charge on any atom is -0.329 e. The van der Waals surface area contributed by atoms with Crippen molar-refractivity contribution in [3.8, 4) is 0 Å². The van der Waals surface area contributed by atoms with E-state index in [0.29, 0.717) is 6.41 Å². The maximum absolute atomic E-state index is 10.4. The minimum absolute atomic E-state index is 0.675. The minimum atomic E-state index is 0.675. The second-order valence-electron chi connectivity index (χ2n) is 4.63. The number of nitrogens with zero attached hydrogens (tertiary/aromatic N) is 1. The Balaban J connectivity index is 1.89. The number of benzene rings is 2. The fourth-order valence-electron chi connectivity index (χ4n) is 2.21. The molecule has 0 aliphatic heterocycles. The summed E-state index contributed by atoms with van der Waals surface area (Å²) < 4.78 is 0. The average Bonchev–Trinajstić information content (AvgIpc) is 2.54. The van der Waals surface area contributed by atoms with Crippen molar-refractivity contribution < 1.29 is 4.79 Å². The number of amides is 1. The van der Waals surface area contributed by atoms with Crippen molar-refractivity contribution in [2.45, 2.75) is 0 Å². The first kappa shape index (κ1) is 13.1. The van der Waals surface area contributed by atoms with Crippen molar-refractivity contribution in [2.75, 3.05) is 5.32 Å².